The van der Waals surface area contributed by atoms with Crippen LogP contribution in [0.3, 0.4) is 0 Å². The van der Waals surface area contributed by atoms with Gasteiger partial charge in [0.15, 0.2) is 0 Å². The Kier molecular flexibility index (Phi) is 2.51. The topological polar surface area (TPSA) is 27.0 Å². The lowest BCUT2D eigenvalue weighted by Gasteiger charge is -2.19. The van der Waals surface area contributed by atoms with Crippen LogP contribution in [0.4, 0.5) is 0 Å². The molecule has 1 fully saturated rings. The average molecular weight is 152 g/mol. The van der Waals surface area contributed by atoms with Gasteiger partial charge in [-0.05, 0) is 19.8 Å². The summed E-state index contributed by atoms with van der Waals surface area (Å²) in [5.41, 5.74) is 0. The lowest BCUT2D eigenvalue weighted by atomic mass is 10.0. The van der Waals surface area contributed by atoms with Crippen molar-refractivity contribution in [1.29, 1.82) is 5.26 Å². The van der Waals surface area contributed by atoms with Crippen LogP contribution < -0.4 is 0 Å². The normalized spacial score (nSPS) is 32.6. The first kappa shape index (κ1) is 8.55. The summed E-state index contributed by atoms with van der Waals surface area (Å²) >= 11 is 0. The Morgan fingerprint density at radius 2 is 2.09 bits per heavy atom. The van der Waals surface area contributed by atoms with Gasteiger partial charge in [-0.15, -0.1) is 0 Å². The SMILES string of the molecule is CC(C)N1C[C@@H](C)[C@H](C#N)C1. The van der Waals surface area contributed by atoms with Gasteiger partial charge in [-0.1, -0.05) is 6.92 Å². The van der Waals surface area contributed by atoms with Crippen LogP contribution in [0.5, 0.6) is 0 Å². The fourth-order valence-corrected chi connectivity index (χ4v) is 1.59. The number of nitrogens with zero attached hydrogens (tertiary/aromatic N) is 2. The Morgan fingerprint density at radius 1 is 1.45 bits per heavy atom. The fraction of sp³-hybridized carbons (Fsp3) is 0.889. The van der Waals surface area contributed by atoms with Gasteiger partial charge < -0.3 is 0 Å². The van der Waals surface area contributed by atoms with Gasteiger partial charge in [-0.25, -0.2) is 0 Å². The van der Waals surface area contributed by atoms with Crippen molar-refractivity contribution in [2.45, 2.75) is 26.8 Å². The molecule has 0 spiro atoms. The van der Waals surface area contributed by atoms with E-state index in [2.05, 4.69) is 31.7 Å². The number of hydrogen-bond acceptors (Lipinski definition) is 2. The molecule has 2 heteroatoms. The van der Waals surface area contributed by atoms with Gasteiger partial charge in [0, 0.05) is 19.1 Å². The number of nitriles is 1. The molecule has 1 aliphatic rings. The quantitative estimate of drug-likeness (QED) is 0.569. The highest BCUT2D eigenvalue weighted by molar-refractivity contribution is 4.95. The highest BCUT2D eigenvalue weighted by atomic mass is 15.2. The van der Waals surface area contributed by atoms with Crippen LogP contribution in [0.15, 0.2) is 0 Å². The van der Waals surface area contributed by atoms with E-state index < -0.39 is 0 Å². The summed E-state index contributed by atoms with van der Waals surface area (Å²) in [4.78, 5) is 2.37. The van der Waals surface area contributed by atoms with Gasteiger partial charge in [0.2, 0.25) is 0 Å². The standard InChI is InChI=1S/C9H16N2/c1-7(2)11-5-8(3)9(4-10)6-11/h7-9H,5-6H2,1-3H3/t8-,9-/m1/s1. The maximum absolute atomic E-state index is 8.76. The third kappa shape index (κ3) is 1.72. The Labute approximate surface area is 68.8 Å². The summed E-state index contributed by atoms with van der Waals surface area (Å²) < 4.78 is 0. The smallest absolute Gasteiger partial charge is 0.0672 e. The summed E-state index contributed by atoms with van der Waals surface area (Å²) in [6, 6.07) is 2.95. The van der Waals surface area contributed by atoms with Crippen LogP contribution in [0.25, 0.3) is 0 Å². The van der Waals surface area contributed by atoms with Crippen molar-refractivity contribution in [2.75, 3.05) is 13.1 Å². The van der Waals surface area contributed by atoms with Crippen molar-refractivity contribution in [3.8, 4) is 6.07 Å². The third-order valence-electron chi connectivity index (χ3n) is 2.54. The maximum atomic E-state index is 8.76. The van der Waals surface area contributed by atoms with Crippen LogP contribution in [0.1, 0.15) is 20.8 Å². The average Bonchev–Trinajstić information content (AvgIpc) is 2.31. The van der Waals surface area contributed by atoms with E-state index in [1.807, 2.05) is 0 Å². The Bertz CT molecular complexity index is 169. The third-order valence-corrected chi connectivity index (χ3v) is 2.54. The van der Waals surface area contributed by atoms with Crippen LogP contribution >= 0.6 is 0 Å². The first-order valence-electron chi connectivity index (χ1n) is 4.28. The van der Waals surface area contributed by atoms with Crippen molar-refractivity contribution < 1.29 is 0 Å². The van der Waals surface area contributed by atoms with Crippen LogP contribution in [-0.4, -0.2) is 24.0 Å². The second-order valence-corrected chi connectivity index (χ2v) is 3.76. The van der Waals surface area contributed by atoms with E-state index in [1.54, 1.807) is 0 Å². The van der Waals surface area contributed by atoms with Gasteiger partial charge in [0.05, 0.1) is 12.0 Å². The zero-order valence-corrected chi connectivity index (χ0v) is 7.54. The number of rotatable bonds is 1. The fourth-order valence-electron chi connectivity index (χ4n) is 1.59. The highest BCUT2D eigenvalue weighted by Gasteiger charge is 2.30. The van der Waals surface area contributed by atoms with E-state index >= 15 is 0 Å². The molecule has 1 rings (SSSR count). The molecule has 0 aromatic rings. The molecule has 2 atom stereocenters. The minimum atomic E-state index is 0.261. The van der Waals surface area contributed by atoms with E-state index in [-0.39, 0.29) is 5.92 Å². The lowest BCUT2D eigenvalue weighted by Crippen LogP contribution is -2.28. The predicted molar refractivity (Wildman–Crippen MR) is 45.0 cm³/mol. The maximum Gasteiger partial charge on any atom is 0.0672 e. The molecule has 0 aliphatic carbocycles. The predicted octanol–water partition coefficient (Wildman–Crippen LogP) is 1.49. The largest absolute Gasteiger partial charge is 0.299 e. The minimum absolute atomic E-state index is 0.261. The molecule has 0 bridgehead atoms. The van der Waals surface area contributed by atoms with Crippen molar-refractivity contribution in [3.05, 3.63) is 0 Å². The molecule has 0 aromatic carbocycles. The molecule has 0 N–H and O–H groups in total. The molecule has 2 nitrogen and oxygen atoms in total. The van der Waals surface area contributed by atoms with E-state index in [0.717, 1.165) is 13.1 Å². The molecule has 1 heterocycles. The van der Waals surface area contributed by atoms with Gasteiger partial charge in [-0.3, -0.25) is 4.90 Å². The molecule has 62 valence electrons. The summed E-state index contributed by atoms with van der Waals surface area (Å²) in [6.07, 6.45) is 0. The summed E-state index contributed by atoms with van der Waals surface area (Å²) in [7, 11) is 0. The molecule has 0 radical (unpaired) electrons. The molecule has 1 saturated heterocycles. The van der Waals surface area contributed by atoms with Crippen LogP contribution in [0.2, 0.25) is 0 Å². The highest BCUT2D eigenvalue weighted by Crippen LogP contribution is 2.23. The van der Waals surface area contributed by atoms with Crippen molar-refractivity contribution in [1.82, 2.24) is 4.90 Å². The van der Waals surface area contributed by atoms with Gasteiger partial charge >= 0.3 is 0 Å². The summed E-state index contributed by atoms with van der Waals surface area (Å²) in [5, 5.41) is 8.76. The van der Waals surface area contributed by atoms with Crippen molar-refractivity contribution in [2.24, 2.45) is 11.8 Å². The molecule has 1 aliphatic heterocycles. The van der Waals surface area contributed by atoms with Gasteiger partial charge in [0.1, 0.15) is 0 Å². The molecule has 0 saturated carbocycles. The van der Waals surface area contributed by atoms with E-state index in [1.165, 1.54) is 0 Å². The molecule has 0 unspecified atom stereocenters. The Morgan fingerprint density at radius 3 is 2.36 bits per heavy atom. The monoisotopic (exact) mass is 152 g/mol. The van der Waals surface area contributed by atoms with Gasteiger partial charge in [0.25, 0.3) is 0 Å². The second-order valence-electron chi connectivity index (χ2n) is 3.76. The molecule has 11 heavy (non-hydrogen) atoms. The van der Waals surface area contributed by atoms with Crippen molar-refractivity contribution >= 4 is 0 Å². The summed E-state index contributed by atoms with van der Waals surface area (Å²) in [5.74, 6) is 0.819. The Balaban J connectivity index is 2.51. The van der Waals surface area contributed by atoms with E-state index in [4.69, 9.17) is 5.26 Å². The minimum Gasteiger partial charge on any atom is -0.299 e. The van der Waals surface area contributed by atoms with Crippen molar-refractivity contribution in [3.63, 3.8) is 0 Å². The van der Waals surface area contributed by atoms with E-state index in [9.17, 15) is 0 Å². The van der Waals surface area contributed by atoms with E-state index in [0.29, 0.717) is 12.0 Å². The van der Waals surface area contributed by atoms with Gasteiger partial charge in [-0.2, -0.15) is 5.26 Å². The number of hydrogen-bond donors (Lipinski definition) is 0. The molecule has 0 aromatic heterocycles. The van der Waals surface area contributed by atoms with Crippen LogP contribution in [0, 0.1) is 23.2 Å². The van der Waals surface area contributed by atoms with Crippen LogP contribution in [-0.2, 0) is 0 Å². The molecule has 0 amide bonds. The zero-order chi connectivity index (χ0) is 8.43. The molecular weight excluding hydrogens is 136 g/mol. The lowest BCUT2D eigenvalue weighted by molar-refractivity contribution is 0.265. The second kappa shape index (κ2) is 3.23. The first-order chi connectivity index (χ1) is 5.15. The summed E-state index contributed by atoms with van der Waals surface area (Å²) in [6.45, 7) is 8.60. The Hall–Kier alpha value is -0.550. The first-order valence-corrected chi connectivity index (χ1v) is 4.28. The zero-order valence-electron chi connectivity index (χ0n) is 7.54. The molecular formula is C9H16N2. The number of likely N-dealkylation sites (tertiary alicyclic amines) is 1.